The highest BCUT2D eigenvalue weighted by molar-refractivity contribution is 5.84. The number of hydrogen-bond donors (Lipinski definition) is 2. The highest BCUT2D eigenvalue weighted by Gasteiger charge is 2.20. The molecule has 14 heavy (non-hydrogen) atoms. The summed E-state index contributed by atoms with van der Waals surface area (Å²) in [5.41, 5.74) is 0. The Morgan fingerprint density at radius 2 is 2.00 bits per heavy atom. The van der Waals surface area contributed by atoms with Crippen molar-refractivity contribution in [2.75, 3.05) is 13.7 Å². The maximum absolute atomic E-state index is 11.0. The van der Waals surface area contributed by atoms with Crippen molar-refractivity contribution in [3.63, 3.8) is 0 Å². The van der Waals surface area contributed by atoms with Crippen molar-refractivity contribution >= 4 is 11.9 Å². The number of carbonyl (C=O) groups excluding carboxylic acids is 1. The van der Waals surface area contributed by atoms with Crippen LogP contribution in [0.2, 0.25) is 0 Å². The first kappa shape index (κ1) is 12.9. The van der Waals surface area contributed by atoms with E-state index in [1.807, 2.05) is 13.8 Å². The lowest BCUT2D eigenvalue weighted by Gasteiger charge is -2.15. The van der Waals surface area contributed by atoms with E-state index >= 15 is 0 Å². The number of aliphatic carboxylic acids is 1. The van der Waals surface area contributed by atoms with Gasteiger partial charge in [0, 0.05) is 7.11 Å². The molecule has 0 heterocycles. The maximum Gasteiger partial charge on any atom is 0.326 e. The molecule has 0 aromatic rings. The molecule has 0 aromatic heterocycles. The molecule has 0 rings (SSSR count). The quantitative estimate of drug-likeness (QED) is 0.648. The monoisotopic (exact) mass is 203 g/mol. The molecule has 0 aliphatic carbocycles. The first-order chi connectivity index (χ1) is 6.47. The third-order valence-corrected chi connectivity index (χ3v) is 1.62. The van der Waals surface area contributed by atoms with Gasteiger partial charge in [-0.1, -0.05) is 13.8 Å². The molecular formula is C9H17NO4. The largest absolute Gasteiger partial charge is 0.480 e. The number of ether oxygens (including phenoxy) is 1. The number of carbonyl (C=O) groups is 2. The minimum Gasteiger partial charge on any atom is -0.480 e. The Bertz CT molecular complexity index is 203. The van der Waals surface area contributed by atoms with Crippen molar-refractivity contribution in [3.05, 3.63) is 0 Å². The van der Waals surface area contributed by atoms with Crippen molar-refractivity contribution in [2.45, 2.75) is 26.3 Å². The molecule has 5 heteroatoms. The fourth-order valence-corrected chi connectivity index (χ4v) is 1.06. The summed E-state index contributed by atoms with van der Waals surface area (Å²) in [7, 11) is 1.39. The summed E-state index contributed by atoms with van der Waals surface area (Å²) in [6.07, 6.45) is 0.421. The lowest BCUT2D eigenvalue weighted by Crippen LogP contribution is -2.43. The van der Waals surface area contributed by atoms with E-state index in [1.54, 1.807) is 0 Å². The Balaban J connectivity index is 4.09. The van der Waals surface area contributed by atoms with Gasteiger partial charge < -0.3 is 15.2 Å². The minimum absolute atomic E-state index is 0.109. The van der Waals surface area contributed by atoms with Crippen LogP contribution < -0.4 is 5.32 Å². The van der Waals surface area contributed by atoms with Gasteiger partial charge in [0.2, 0.25) is 5.91 Å². The molecule has 0 saturated heterocycles. The fraction of sp³-hybridized carbons (Fsp3) is 0.778. The lowest BCUT2D eigenvalue weighted by molar-refractivity contribution is -0.142. The molecule has 0 bridgehead atoms. The topological polar surface area (TPSA) is 75.6 Å². The summed E-state index contributed by atoms with van der Waals surface area (Å²) >= 11 is 0. The summed E-state index contributed by atoms with van der Waals surface area (Å²) in [6, 6.07) is -0.822. The molecule has 0 aliphatic rings. The second-order valence-electron chi connectivity index (χ2n) is 3.52. The number of hydrogen-bond acceptors (Lipinski definition) is 3. The van der Waals surface area contributed by atoms with E-state index in [9.17, 15) is 9.59 Å². The van der Waals surface area contributed by atoms with Crippen LogP contribution >= 0.6 is 0 Å². The minimum atomic E-state index is -1.01. The molecular weight excluding hydrogens is 186 g/mol. The van der Waals surface area contributed by atoms with Crippen molar-refractivity contribution in [1.82, 2.24) is 5.32 Å². The van der Waals surface area contributed by atoms with Crippen LogP contribution in [0.3, 0.4) is 0 Å². The Hall–Kier alpha value is -1.10. The van der Waals surface area contributed by atoms with E-state index < -0.39 is 17.9 Å². The molecule has 2 N–H and O–H groups in total. The van der Waals surface area contributed by atoms with Gasteiger partial charge in [-0.25, -0.2) is 4.79 Å². The predicted octanol–water partition coefficient (Wildman–Crippen LogP) is 0.248. The highest BCUT2D eigenvalue weighted by Crippen LogP contribution is 2.04. The van der Waals surface area contributed by atoms with E-state index in [1.165, 1.54) is 7.11 Å². The standard InChI is InChI=1S/C9H17NO4/c1-6(2)4-7(9(12)13)10-8(11)5-14-3/h6-7H,4-5H2,1-3H3,(H,10,11)(H,12,13). The molecule has 0 fully saturated rings. The smallest absolute Gasteiger partial charge is 0.326 e. The van der Waals surface area contributed by atoms with E-state index in [0.717, 1.165) is 0 Å². The van der Waals surface area contributed by atoms with Crippen LogP contribution in [0.1, 0.15) is 20.3 Å². The number of carboxylic acids is 1. The molecule has 5 nitrogen and oxygen atoms in total. The molecule has 0 aromatic carbocycles. The molecule has 1 amide bonds. The number of nitrogens with one attached hydrogen (secondary N) is 1. The molecule has 0 radical (unpaired) electrons. The van der Waals surface area contributed by atoms with Crippen LogP contribution in [-0.4, -0.2) is 36.7 Å². The lowest BCUT2D eigenvalue weighted by atomic mass is 10.0. The molecule has 82 valence electrons. The Morgan fingerprint density at radius 1 is 1.43 bits per heavy atom. The van der Waals surface area contributed by atoms with Gasteiger partial charge in [-0.05, 0) is 12.3 Å². The molecule has 0 aliphatic heterocycles. The van der Waals surface area contributed by atoms with Gasteiger partial charge in [-0.2, -0.15) is 0 Å². The van der Waals surface area contributed by atoms with Gasteiger partial charge in [-0.3, -0.25) is 4.79 Å². The van der Waals surface area contributed by atoms with Gasteiger partial charge in [0.05, 0.1) is 0 Å². The summed E-state index contributed by atoms with van der Waals surface area (Å²) in [4.78, 5) is 21.8. The van der Waals surface area contributed by atoms with Gasteiger partial charge in [0.25, 0.3) is 0 Å². The van der Waals surface area contributed by atoms with Crippen molar-refractivity contribution in [1.29, 1.82) is 0 Å². The van der Waals surface area contributed by atoms with Crippen LogP contribution in [0, 0.1) is 5.92 Å². The average molecular weight is 203 g/mol. The van der Waals surface area contributed by atoms with E-state index in [-0.39, 0.29) is 12.5 Å². The number of carboxylic acid groups (broad SMARTS) is 1. The number of amides is 1. The summed E-state index contributed by atoms with van der Waals surface area (Å²) in [6.45, 7) is 3.69. The third-order valence-electron chi connectivity index (χ3n) is 1.62. The fourth-order valence-electron chi connectivity index (χ4n) is 1.06. The summed E-state index contributed by atoms with van der Waals surface area (Å²) < 4.78 is 4.58. The van der Waals surface area contributed by atoms with Gasteiger partial charge >= 0.3 is 5.97 Å². The first-order valence-electron chi connectivity index (χ1n) is 4.48. The Kier molecular flexibility index (Phi) is 5.87. The second kappa shape index (κ2) is 6.37. The molecule has 1 atom stereocenters. The van der Waals surface area contributed by atoms with Gasteiger partial charge in [0.1, 0.15) is 12.6 Å². The van der Waals surface area contributed by atoms with E-state index in [2.05, 4.69) is 10.1 Å². The summed E-state index contributed by atoms with van der Waals surface area (Å²) in [5, 5.41) is 11.2. The van der Waals surface area contributed by atoms with Crippen LogP contribution in [0.5, 0.6) is 0 Å². The first-order valence-corrected chi connectivity index (χ1v) is 4.48. The molecule has 1 unspecified atom stereocenters. The second-order valence-corrected chi connectivity index (χ2v) is 3.52. The van der Waals surface area contributed by atoms with E-state index in [4.69, 9.17) is 5.11 Å². The Labute approximate surface area is 83.4 Å². The third kappa shape index (κ3) is 5.53. The predicted molar refractivity (Wildman–Crippen MR) is 50.9 cm³/mol. The van der Waals surface area contributed by atoms with Crippen LogP contribution in [0.25, 0.3) is 0 Å². The van der Waals surface area contributed by atoms with Crippen molar-refractivity contribution in [2.24, 2.45) is 5.92 Å². The normalized spacial score (nSPS) is 12.6. The summed E-state index contributed by atoms with van der Waals surface area (Å²) in [5.74, 6) is -1.19. The number of methoxy groups -OCH3 is 1. The zero-order chi connectivity index (χ0) is 11.1. The molecule has 0 spiro atoms. The van der Waals surface area contributed by atoms with Crippen LogP contribution in [0.4, 0.5) is 0 Å². The Morgan fingerprint density at radius 3 is 2.36 bits per heavy atom. The van der Waals surface area contributed by atoms with Crippen LogP contribution in [-0.2, 0) is 14.3 Å². The SMILES string of the molecule is COCC(=O)NC(CC(C)C)C(=O)O. The average Bonchev–Trinajstić information content (AvgIpc) is 2.02. The van der Waals surface area contributed by atoms with Gasteiger partial charge in [-0.15, -0.1) is 0 Å². The van der Waals surface area contributed by atoms with Crippen LogP contribution in [0.15, 0.2) is 0 Å². The zero-order valence-corrected chi connectivity index (χ0v) is 8.74. The molecule has 0 saturated carbocycles. The number of rotatable bonds is 6. The van der Waals surface area contributed by atoms with Crippen molar-refractivity contribution < 1.29 is 19.4 Å². The maximum atomic E-state index is 11.0. The zero-order valence-electron chi connectivity index (χ0n) is 8.74. The highest BCUT2D eigenvalue weighted by atomic mass is 16.5. The van der Waals surface area contributed by atoms with E-state index in [0.29, 0.717) is 6.42 Å². The van der Waals surface area contributed by atoms with Gasteiger partial charge in [0.15, 0.2) is 0 Å². The van der Waals surface area contributed by atoms with Crippen molar-refractivity contribution in [3.8, 4) is 0 Å².